The van der Waals surface area contributed by atoms with Crippen LogP contribution in [-0.4, -0.2) is 25.2 Å². The molecular formula is C10H9F4NO4S. The van der Waals surface area contributed by atoms with E-state index in [2.05, 4.69) is 0 Å². The average molecular weight is 315 g/mol. The number of sulfonamides is 1. The van der Waals surface area contributed by atoms with Gasteiger partial charge in [0.25, 0.3) is 0 Å². The van der Waals surface area contributed by atoms with Crippen molar-refractivity contribution >= 4 is 21.7 Å². The molecule has 0 unspecified atom stereocenters. The minimum Gasteiger partial charge on any atom is -0.481 e. The standard InChI is InChI=1S/C10H9F4NO4S/c11-7-2-1-6(10(12,13)14)5-8(7)15-20(18,19)4-3-9(16)17/h1-2,5,15H,3-4H2,(H,16,17). The lowest BCUT2D eigenvalue weighted by Gasteiger charge is -2.11. The molecule has 0 amide bonds. The SMILES string of the molecule is O=C(O)CCS(=O)(=O)Nc1cc(C(F)(F)F)ccc1F. The highest BCUT2D eigenvalue weighted by Gasteiger charge is 2.31. The Bertz CT molecular complexity index is 612. The summed E-state index contributed by atoms with van der Waals surface area (Å²) in [5, 5.41) is 8.33. The van der Waals surface area contributed by atoms with Gasteiger partial charge < -0.3 is 5.11 Å². The average Bonchev–Trinajstić information content (AvgIpc) is 2.28. The maximum atomic E-state index is 13.3. The molecule has 0 bridgehead atoms. The number of rotatable bonds is 5. The van der Waals surface area contributed by atoms with Gasteiger partial charge in [0.2, 0.25) is 10.0 Å². The summed E-state index contributed by atoms with van der Waals surface area (Å²) in [7, 11) is -4.25. The Balaban J connectivity index is 3.00. The van der Waals surface area contributed by atoms with E-state index in [-0.39, 0.29) is 0 Å². The van der Waals surface area contributed by atoms with E-state index in [1.807, 2.05) is 0 Å². The summed E-state index contributed by atoms with van der Waals surface area (Å²) in [6.07, 6.45) is -5.51. The molecule has 0 heterocycles. The molecule has 0 saturated heterocycles. The summed E-state index contributed by atoms with van der Waals surface area (Å²) in [5.74, 6) is -3.48. The van der Waals surface area contributed by atoms with E-state index in [0.717, 1.165) is 0 Å². The van der Waals surface area contributed by atoms with Crippen LogP contribution in [0.1, 0.15) is 12.0 Å². The van der Waals surface area contributed by atoms with E-state index in [1.54, 1.807) is 4.72 Å². The van der Waals surface area contributed by atoms with Crippen molar-refractivity contribution < 1.29 is 35.9 Å². The number of benzene rings is 1. The number of carboxylic acids is 1. The Labute approximate surface area is 111 Å². The van der Waals surface area contributed by atoms with Crippen LogP contribution in [0.4, 0.5) is 23.2 Å². The van der Waals surface area contributed by atoms with Gasteiger partial charge in [0.05, 0.1) is 23.4 Å². The van der Waals surface area contributed by atoms with Gasteiger partial charge in [0, 0.05) is 0 Å². The minimum atomic E-state index is -4.76. The van der Waals surface area contributed by atoms with Crippen molar-refractivity contribution in [3.05, 3.63) is 29.6 Å². The van der Waals surface area contributed by atoms with Crippen LogP contribution >= 0.6 is 0 Å². The number of hydrogen-bond donors (Lipinski definition) is 2. The molecule has 0 aromatic heterocycles. The molecule has 10 heteroatoms. The number of halogens is 4. The lowest BCUT2D eigenvalue weighted by molar-refractivity contribution is -0.138. The summed E-state index contributed by atoms with van der Waals surface area (Å²) >= 11 is 0. The normalized spacial score (nSPS) is 12.2. The van der Waals surface area contributed by atoms with Crippen LogP contribution < -0.4 is 4.72 Å². The molecule has 0 aliphatic rings. The van der Waals surface area contributed by atoms with Crippen molar-refractivity contribution in [1.29, 1.82) is 0 Å². The molecule has 112 valence electrons. The molecule has 0 aliphatic heterocycles. The van der Waals surface area contributed by atoms with Crippen molar-refractivity contribution in [2.45, 2.75) is 12.6 Å². The van der Waals surface area contributed by atoms with E-state index < -0.39 is 51.4 Å². The van der Waals surface area contributed by atoms with Gasteiger partial charge in [0.15, 0.2) is 0 Å². The van der Waals surface area contributed by atoms with Crippen LogP contribution in [0, 0.1) is 5.82 Å². The lowest BCUT2D eigenvalue weighted by atomic mass is 10.2. The zero-order chi connectivity index (χ0) is 15.6. The summed E-state index contributed by atoms with van der Waals surface area (Å²) in [5.41, 5.74) is -2.11. The van der Waals surface area contributed by atoms with Gasteiger partial charge >= 0.3 is 12.1 Å². The zero-order valence-electron chi connectivity index (χ0n) is 9.74. The molecule has 0 saturated carbocycles. The van der Waals surface area contributed by atoms with Crippen LogP contribution in [0.3, 0.4) is 0 Å². The van der Waals surface area contributed by atoms with Gasteiger partial charge in [-0.1, -0.05) is 0 Å². The van der Waals surface area contributed by atoms with Gasteiger partial charge in [-0.15, -0.1) is 0 Å². The Morgan fingerprint density at radius 2 is 1.90 bits per heavy atom. The quantitative estimate of drug-likeness (QED) is 0.815. The third kappa shape index (κ3) is 4.68. The van der Waals surface area contributed by atoms with Gasteiger partial charge in [-0.05, 0) is 18.2 Å². The number of carbonyl (C=O) groups is 1. The Morgan fingerprint density at radius 3 is 2.40 bits per heavy atom. The molecule has 2 N–H and O–H groups in total. The minimum absolute atomic E-state index is 0.299. The van der Waals surface area contributed by atoms with Crippen LogP contribution in [0.15, 0.2) is 18.2 Å². The van der Waals surface area contributed by atoms with Gasteiger partial charge in [-0.2, -0.15) is 13.2 Å². The second-order valence-electron chi connectivity index (χ2n) is 3.76. The van der Waals surface area contributed by atoms with Crippen LogP contribution in [0.2, 0.25) is 0 Å². The van der Waals surface area contributed by atoms with Gasteiger partial charge in [-0.3, -0.25) is 9.52 Å². The largest absolute Gasteiger partial charge is 0.481 e. The topological polar surface area (TPSA) is 83.5 Å². The van der Waals surface area contributed by atoms with Crippen LogP contribution in [0.25, 0.3) is 0 Å². The maximum absolute atomic E-state index is 13.3. The molecule has 0 fully saturated rings. The monoisotopic (exact) mass is 315 g/mol. The lowest BCUT2D eigenvalue weighted by Crippen LogP contribution is -2.20. The number of alkyl halides is 3. The first-order chi connectivity index (χ1) is 9.01. The summed E-state index contributed by atoms with van der Waals surface area (Å²) in [4.78, 5) is 10.2. The highest BCUT2D eigenvalue weighted by atomic mass is 32.2. The Hall–Kier alpha value is -1.84. The number of aliphatic carboxylic acids is 1. The van der Waals surface area contributed by atoms with Gasteiger partial charge in [0.1, 0.15) is 5.82 Å². The Kier molecular flexibility index (Phi) is 4.58. The number of carboxylic acid groups (broad SMARTS) is 1. The van der Waals surface area contributed by atoms with E-state index in [9.17, 15) is 30.8 Å². The maximum Gasteiger partial charge on any atom is 0.416 e. The van der Waals surface area contributed by atoms with Crippen molar-refractivity contribution in [3.8, 4) is 0 Å². The first-order valence-electron chi connectivity index (χ1n) is 5.10. The second-order valence-corrected chi connectivity index (χ2v) is 5.60. The molecular weight excluding hydrogens is 306 g/mol. The fourth-order valence-electron chi connectivity index (χ4n) is 1.22. The third-order valence-electron chi connectivity index (χ3n) is 2.14. The van der Waals surface area contributed by atoms with Crippen LogP contribution in [0.5, 0.6) is 0 Å². The molecule has 0 aliphatic carbocycles. The molecule has 1 aromatic carbocycles. The first-order valence-corrected chi connectivity index (χ1v) is 6.75. The number of anilines is 1. The van der Waals surface area contributed by atoms with E-state index in [4.69, 9.17) is 5.11 Å². The highest BCUT2D eigenvalue weighted by molar-refractivity contribution is 7.92. The van der Waals surface area contributed by atoms with Crippen molar-refractivity contribution in [1.82, 2.24) is 0 Å². The predicted molar refractivity (Wildman–Crippen MR) is 61.1 cm³/mol. The van der Waals surface area contributed by atoms with Crippen molar-refractivity contribution in [2.75, 3.05) is 10.5 Å². The Morgan fingerprint density at radius 1 is 1.30 bits per heavy atom. The fraction of sp³-hybridized carbons (Fsp3) is 0.300. The fourth-order valence-corrected chi connectivity index (χ4v) is 2.26. The molecule has 0 radical (unpaired) electrons. The zero-order valence-corrected chi connectivity index (χ0v) is 10.6. The molecule has 1 aromatic rings. The molecule has 5 nitrogen and oxygen atoms in total. The molecule has 20 heavy (non-hydrogen) atoms. The highest BCUT2D eigenvalue weighted by Crippen LogP contribution is 2.32. The second kappa shape index (κ2) is 5.65. The summed E-state index contributed by atoms with van der Waals surface area (Å²) in [6.45, 7) is 0. The summed E-state index contributed by atoms with van der Waals surface area (Å²) < 4.78 is 74.9. The summed E-state index contributed by atoms with van der Waals surface area (Å²) in [6, 6.07) is 1.23. The van der Waals surface area contributed by atoms with Crippen molar-refractivity contribution in [3.63, 3.8) is 0 Å². The van der Waals surface area contributed by atoms with E-state index in [1.165, 1.54) is 0 Å². The third-order valence-corrected chi connectivity index (χ3v) is 3.42. The van der Waals surface area contributed by atoms with E-state index >= 15 is 0 Å². The smallest absolute Gasteiger partial charge is 0.416 e. The first kappa shape index (κ1) is 16.2. The number of hydrogen-bond acceptors (Lipinski definition) is 3. The predicted octanol–water partition coefficient (Wildman–Crippen LogP) is 2.06. The van der Waals surface area contributed by atoms with Crippen molar-refractivity contribution in [2.24, 2.45) is 0 Å². The molecule has 0 spiro atoms. The van der Waals surface area contributed by atoms with E-state index in [0.29, 0.717) is 18.2 Å². The van der Waals surface area contributed by atoms with Gasteiger partial charge in [-0.25, -0.2) is 12.8 Å². The molecule has 1 rings (SSSR count). The van der Waals surface area contributed by atoms with Crippen LogP contribution in [-0.2, 0) is 21.0 Å². The molecule has 0 atom stereocenters. The number of nitrogens with one attached hydrogen (secondary N) is 1.